The Labute approximate surface area is 109 Å². The SMILES string of the molecule is COc1ccc(NC(=O)CC(N)C(C)(C)C)cc1. The summed E-state index contributed by atoms with van der Waals surface area (Å²) in [5, 5.41) is 2.82. The topological polar surface area (TPSA) is 64.3 Å². The molecule has 1 aromatic rings. The van der Waals surface area contributed by atoms with Crippen LogP contribution < -0.4 is 15.8 Å². The molecule has 0 heterocycles. The molecule has 4 heteroatoms. The predicted octanol–water partition coefficient (Wildman–Crippen LogP) is 2.40. The van der Waals surface area contributed by atoms with Gasteiger partial charge < -0.3 is 15.8 Å². The van der Waals surface area contributed by atoms with Gasteiger partial charge in [-0.05, 0) is 29.7 Å². The number of hydrogen-bond acceptors (Lipinski definition) is 3. The smallest absolute Gasteiger partial charge is 0.225 e. The number of benzene rings is 1. The Balaban J connectivity index is 2.54. The first kappa shape index (κ1) is 14.5. The third-order valence-corrected chi connectivity index (χ3v) is 2.89. The average molecular weight is 250 g/mol. The van der Waals surface area contributed by atoms with Crippen LogP contribution in [0.3, 0.4) is 0 Å². The Kier molecular flexibility index (Phi) is 4.73. The molecule has 0 radical (unpaired) electrons. The van der Waals surface area contributed by atoms with Crippen molar-refractivity contribution < 1.29 is 9.53 Å². The van der Waals surface area contributed by atoms with Crippen molar-refractivity contribution in [2.45, 2.75) is 33.2 Å². The van der Waals surface area contributed by atoms with E-state index in [1.165, 1.54) is 0 Å². The largest absolute Gasteiger partial charge is 0.497 e. The molecule has 0 spiro atoms. The number of amides is 1. The first-order chi connectivity index (χ1) is 8.32. The van der Waals surface area contributed by atoms with Crippen molar-refractivity contribution in [3.05, 3.63) is 24.3 Å². The van der Waals surface area contributed by atoms with Crippen LogP contribution in [0.4, 0.5) is 5.69 Å². The van der Waals surface area contributed by atoms with E-state index in [1.807, 2.05) is 20.8 Å². The second-order valence-corrected chi connectivity index (χ2v) is 5.45. The maximum absolute atomic E-state index is 11.8. The Bertz CT molecular complexity index is 393. The standard InChI is InChI=1S/C14H22N2O2/c1-14(2,3)12(15)9-13(17)16-10-5-7-11(18-4)8-6-10/h5-8,12H,9,15H2,1-4H3,(H,16,17). The van der Waals surface area contributed by atoms with Crippen molar-refractivity contribution in [1.29, 1.82) is 0 Å². The Morgan fingerprint density at radius 3 is 2.33 bits per heavy atom. The highest BCUT2D eigenvalue weighted by molar-refractivity contribution is 5.91. The number of rotatable bonds is 4. The van der Waals surface area contributed by atoms with Gasteiger partial charge in [-0.1, -0.05) is 20.8 Å². The van der Waals surface area contributed by atoms with Gasteiger partial charge in [0.15, 0.2) is 0 Å². The lowest BCUT2D eigenvalue weighted by atomic mass is 9.85. The van der Waals surface area contributed by atoms with Gasteiger partial charge >= 0.3 is 0 Å². The molecule has 0 aliphatic carbocycles. The number of hydrogen-bond donors (Lipinski definition) is 2. The van der Waals surface area contributed by atoms with Crippen LogP contribution in [-0.4, -0.2) is 19.1 Å². The molecule has 1 atom stereocenters. The third kappa shape index (κ3) is 4.37. The quantitative estimate of drug-likeness (QED) is 0.862. The summed E-state index contributed by atoms with van der Waals surface area (Å²) in [5.74, 6) is 0.696. The van der Waals surface area contributed by atoms with E-state index < -0.39 is 0 Å². The van der Waals surface area contributed by atoms with E-state index in [-0.39, 0.29) is 17.4 Å². The first-order valence-electron chi connectivity index (χ1n) is 6.02. The molecule has 1 rings (SSSR count). The molecule has 4 nitrogen and oxygen atoms in total. The van der Waals surface area contributed by atoms with E-state index in [0.29, 0.717) is 6.42 Å². The van der Waals surface area contributed by atoms with Crippen molar-refractivity contribution in [2.24, 2.45) is 11.1 Å². The highest BCUT2D eigenvalue weighted by Crippen LogP contribution is 2.20. The molecule has 0 fully saturated rings. The lowest BCUT2D eigenvalue weighted by Gasteiger charge is -2.26. The van der Waals surface area contributed by atoms with Gasteiger partial charge in [0.05, 0.1) is 7.11 Å². The van der Waals surface area contributed by atoms with Crippen LogP contribution in [-0.2, 0) is 4.79 Å². The summed E-state index contributed by atoms with van der Waals surface area (Å²) in [6.07, 6.45) is 0.315. The first-order valence-corrected chi connectivity index (χ1v) is 6.02. The maximum atomic E-state index is 11.8. The van der Waals surface area contributed by atoms with E-state index >= 15 is 0 Å². The third-order valence-electron chi connectivity index (χ3n) is 2.89. The van der Waals surface area contributed by atoms with Crippen LogP contribution in [0.2, 0.25) is 0 Å². The number of nitrogens with two attached hydrogens (primary N) is 1. The maximum Gasteiger partial charge on any atom is 0.225 e. The summed E-state index contributed by atoms with van der Waals surface area (Å²) in [7, 11) is 1.61. The van der Waals surface area contributed by atoms with Gasteiger partial charge in [0.2, 0.25) is 5.91 Å². The molecule has 3 N–H and O–H groups in total. The normalized spacial score (nSPS) is 12.9. The number of anilines is 1. The zero-order valence-electron chi connectivity index (χ0n) is 11.5. The molecule has 0 aliphatic rings. The summed E-state index contributed by atoms with van der Waals surface area (Å²) in [4.78, 5) is 11.8. The summed E-state index contributed by atoms with van der Waals surface area (Å²) >= 11 is 0. The van der Waals surface area contributed by atoms with E-state index in [9.17, 15) is 4.79 Å². The highest BCUT2D eigenvalue weighted by Gasteiger charge is 2.23. The second kappa shape index (κ2) is 5.87. The van der Waals surface area contributed by atoms with E-state index in [4.69, 9.17) is 10.5 Å². The van der Waals surface area contributed by atoms with Gasteiger partial charge in [-0.3, -0.25) is 4.79 Å². The number of nitrogens with one attached hydrogen (secondary N) is 1. The van der Waals surface area contributed by atoms with Gasteiger partial charge in [0.25, 0.3) is 0 Å². The molecule has 18 heavy (non-hydrogen) atoms. The average Bonchev–Trinajstić information content (AvgIpc) is 2.28. The van der Waals surface area contributed by atoms with Crippen molar-refractivity contribution >= 4 is 11.6 Å². The van der Waals surface area contributed by atoms with Crippen LogP contribution in [0.1, 0.15) is 27.2 Å². The van der Waals surface area contributed by atoms with Crippen molar-refractivity contribution in [3.63, 3.8) is 0 Å². The molecule has 0 aliphatic heterocycles. The molecular weight excluding hydrogens is 228 g/mol. The number of carbonyl (C=O) groups excluding carboxylic acids is 1. The molecule has 1 unspecified atom stereocenters. The number of carbonyl (C=O) groups is 1. The fraction of sp³-hybridized carbons (Fsp3) is 0.500. The molecule has 0 bridgehead atoms. The van der Waals surface area contributed by atoms with E-state index in [0.717, 1.165) is 11.4 Å². The lowest BCUT2D eigenvalue weighted by molar-refractivity contribution is -0.117. The van der Waals surface area contributed by atoms with Gasteiger partial charge in [0, 0.05) is 18.2 Å². The van der Waals surface area contributed by atoms with Crippen LogP contribution in [0.25, 0.3) is 0 Å². The molecule has 0 saturated carbocycles. The molecule has 100 valence electrons. The van der Waals surface area contributed by atoms with Crippen molar-refractivity contribution in [2.75, 3.05) is 12.4 Å². The zero-order chi connectivity index (χ0) is 13.8. The summed E-state index contributed by atoms with van der Waals surface area (Å²) in [5.41, 5.74) is 6.65. The van der Waals surface area contributed by atoms with Crippen LogP contribution in [0.15, 0.2) is 24.3 Å². The minimum absolute atomic E-state index is 0.0670. The van der Waals surface area contributed by atoms with Crippen LogP contribution in [0.5, 0.6) is 5.75 Å². The van der Waals surface area contributed by atoms with Crippen molar-refractivity contribution in [3.8, 4) is 5.75 Å². The zero-order valence-corrected chi connectivity index (χ0v) is 11.5. The fourth-order valence-electron chi connectivity index (χ4n) is 1.39. The molecule has 0 saturated heterocycles. The minimum atomic E-state index is -0.157. The Morgan fingerprint density at radius 1 is 1.33 bits per heavy atom. The van der Waals surface area contributed by atoms with Crippen molar-refractivity contribution in [1.82, 2.24) is 0 Å². The minimum Gasteiger partial charge on any atom is -0.497 e. The molecular formula is C14H22N2O2. The monoisotopic (exact) mass is 250 g/mol. The predicted molar refractivity (Wildman–Crippen MR) is 73.7 cm³/mol. The van der Waals surface area contributed by atoms with Gasteiger partial charge in [-0.25, -0.2) is 0 Å². The Morgan fingerprint density at radius 2 is 1.89 bits per heavy atom. The van der Waals surface area contributed by atoms with E-state index in [1.54, 1.807) is 31.4 Å². The highest BCUT2D eigenvalue weighted by atomic mass is 16.5. The lowest BCUT2D eigenvalue weighted by Crippen LogP contribution is -2.38. The summed E-state index contributed by atoms with van der Waals surface area (Å²) in [6, 6.07) is 7.06. The summed E-state index contributed by atoms with van der Waals surface area (Å²) in [6.45, 7) is 6.08. The molecule has 1 aromatic carbocycles. The molecule has 0 aromatic heterocycles. The molecule has 1 amide bonds. The van der Waals surface area contributed by atoms with Crippen LogP contribution in [0, 0.1) is 5.41 Å². The fourth-order valence-corrected chi connectivity index (χ4v) is 1.39. The van der Waals surface area contributed by atoms with Gasteiger partial charge in [-0.2, -0.15) is 0 Å². The van der Waals surface area contributed by atoms with Gasteiger partial charge in [0.1, 0.15) is 5.75 Å². The number of ether oxygens (including phenoxy) is 1. The van der Waals surface area contributed by atoms with Crippen LogP contribution >= 0.6 is 0 Å². The Hall–Kier alpha value is -1.55. The van der Waals surface area contributed by atoms with E-state index in [2.05, 4.69) is 5.32 Å². The van der Waals surface area contributed by atoms with Gasteiger partial charge in [-0.15, -0.1) is 0 Å². The number of methoxy groups -OCH3 is 1. The second-order valence-electron chi connectivity index (χ2n) is 5.45. The summed E-state index contributed by atoms with van der Waals surface area (Å²) < 4.78 is 5.05.